The fourth-order valence-corrected chi connectivity index (χ4v) is 5.31. The van der Waals surface area contributed by atoms with E-state index in [9.17, 15) is 14.6 Å². The van der Waals surface area contributed by atoms with Crippen molar-refractivity contribution in [1.82, 2.24) is 4.90 Å². The van der Waals surface area contributed by atoms with Gasteiger partial charge in [-0.15, -0.1) is 0 Å². The van der Waals surface area contributed by atoms with E-state index in [1.165, 1.54) is 11.1 Å². The maximum absolute atomic E-state index is 12.5. The Kier molecular flexibility index (Phi) is 7.05. The van der Waals surface area contributed by atoms with E-state index in [0.29, 0.717) is 6.42 Å². The highest BCUT2D eigenvalue weighted by molar-refractivity contribution is 6.00. The number of aryl methyl sites for hydroxylation is 1. The molecule has 0 radical (unpaired) electrons. The van der Waals surface area contributed by atoms with Gasteiger partial charge < -0.3 is 14.9 Å². The molecule has 5 rings (SSSR count). The van der Waals surface area contributed by atoms with Crippen LogP contribution in [0.3, 0.4) is 0 Å². The van der Waals surface area contributed by atoms with Gasteiger partial charge >= 0.3 is 0 Å². The van der Waals surface area contributed by atoms with E-state index in [4.69, 9.17) is 4.74 Å². The minimum atomic E-state index is -0.271. The van der Waals surface area contributed by atoms with Gasteiger partial charge in [0.15, 0.2) is 0 Å². The van der Waals surface area contributed by atoms with Crippen LogP contribution >= 0.6 is 0 Å². The zero-order valence-corrected chi connectivity index (χ0v) is 19.9. The first kappa shape index (κ1) is 23.4. The van der Waals surface area contributed by atoms with E-state index in [0.717, 1.165) is 73.3 Å². The topological polar surface area (TPSA) is 52.9 Å². The second-order valence-corrected chi connectivity index (χ2v) is 9.49. The Morgan fingerprint density at radius 3 is 2.40 bits per heavy atom. The minimum absolute atomic E-state index is 0.128. The molecule has 1 aliphatic heterocycles. The lowest BCUT2D eigenvalue weighted by Gasteiger charge is -2.19. The van der Waals surface area contributed by atoms with Crippen LogP contribution in [0.4, 0.5) is 4.39 Å². The van der Waals surface area contributed by atoms with Gasteiger partial charge in [-0.1, -0.05) is 30.3 Å². The number of hydrogen-bond acceptors (Lipinski definition) is 4. The molecule has 0 aromatic heterocycles. The van der Waals surface area contributed by atoms with Gasteiger partial charge in [-0.2, -0.15) is 0 Å². The lowest BCUT2D eigenvalue weighted by atomic mass is 9.87. The van der Waals surface area contributed by atoms with E-state index in [1.807, 2.05) is 36.4 Å². The Hall–Kier alpha value is -3.31. The van der Waals surface area contributed by atoms with E-state index in [-0.39, 0.29) is 24.3 Å². The fourth-order valence-electron chi connectivity index (χ4n) is 5.31. The summed E-state index contributed by atoms with van der Waals surface area (Å²) in [5.41, 5.74) is 6.76. The summed E-state index contributed by atoms with van der Waals surface area (Å²) in [6, 6.07) is 21.3. The average molecular weight is 474 g/mol. The molecule has 1 atom stereocenters. The first-order chi connectivity index (χ1) is 17.1. The second kappa shape index (κ2) is 10.5. The predicted octanol–water partition coefficient (Wildman–Crippen LogP) is 6.21. The summed E-state index contributed by atoms with van der Waals surface area (Å²) in [4.78, 5) is 2.27. The van der Waals surface area contributed by atoms with Crippen LogP contribution in [0.1, 0.15) is 47.9 Å². The summed E-state index contributed by atoms with van der Waals surface area (Å²) < 4.78 is 18.7. The number of phenols is 2. The summed E-state index contributed by atoms with van der Waals surface area (Å²) in [6.45, 7) is 2.30. The number of allylic oxidation sites excluding steroid dienone is 1. The number of likely N-dealkylation sites (tertiary alicyclic amines) is 1. The predicted molar refractivity (Wildman–Crippen MR) is 138 cm³/mol. The molecule has 0 amide bonds. The maximum atomic E-state index is 12.5. The Balaban J connectivity index is 1.47. The molecule has 2 aliphatic rings. The molecular formula is C30H32FNO3. The molecule has 3 aromatic carbocycles. The number of hydrogen-bond donors (Lipinski definition) is 2. The third kappa shape index (κ3) is 5.35. The Bertz CT molecular complexity index is 1190. The van der Waals surface area contributed by atoms with Crippen LogP contribution in [-0.4, -0.2) is 47.5 Å². The smallest absolute Gasteiger partial charge is 0.119 e. The van der Waals surface area contributed by atoms with Gasteiger partial charge in [-0.25, -0.2) is 0 Å². The number of aromatic hydroxyl groups is 2. The molecular weight excluding hydrogens is 441 g/mol. The van der Waals surface area contributed by atoms with Crippen LogP contribution in [0, 0.1) is 0 Å². The number of halogens is 1. The fraction of sp³-hybridized carbons (Fsp3) is 0.333. The zero-order valence-electron chi connectivity index (χ0n) is 19.9. The number of phenolic OH excluding ortho intramolecular Hbond substituents is 2. The molecule has 4 nitrogen and oxygen atoms in total. The van der Waals surface area contributed by atoms with Crippen LogP contribution in [-0.2, 0) is 6.42 Å². The largest absolute Gasteiger partial charge is 0.508 e. The number of benzene rings is 3. The number of nitrogens with zero attached hydrogens (tertiary/aromatic N) is 1. The number of rotatable bonds is 7. The van der Waals surface area contributed by atoms with Crippen LogP contribution in [0.25, 0.3) is 11.1 Å². The number of fused-ring (bicyclic) bond motifs is 1. The molecule has 2 N–H and O–H groups in total. The van der Waals surface area contributed by atoms with Gasteiger partial charge in [-0.3, -0.25) is 9.29 Å². The molecule has 182 valence electrons. The molecule has 0 spiro atoms. The average Bonchev–Trinajstić information content (AvgIpc) is 3.23. The van der Waals surface area contributed by atoms with Crippen molar-refractivity contribution in [3.63, 3.8) is 0 Å². The second-order valence-electron chi connectivity index (χ2n) is 9.49. The van der Waals surface area contributed by atoms with Crippen molar-refractivity contribution < 1.29 is 19.3 Å². The van der Waals surface area contributed by atoms with Gasteiger partial charge in [0.25, 0.3) is 0 Å². The van der Waals surface area contributed by atoms with Gasteiger partial charge in [0, 0.05) is 19.6 Å². The molecule has 0 saturated carbocycles. The van der Waals surface area contributed by atoms with Gasteiger partial charge in [0.1, 0.15) is 23.4 Å². The maximum Gasteiger partial charge on any atom is 0.119 e. The van der Waals surface area contributed by atoms with Gasteiger partial charge in [-0.05, 0) is 102 Å². The SMILES string of the molecule is Oc1ccc(C2=C(c3ccc(OC4CCN(CCCF)C4)cc3)c3cc(O)ccc3CCC2)cc1. The van der Waals surface area contributed by atoms with Crippen LogP contribution < -0.4 is 4.74 Å². The summed E-state index contributed by atoms with van der Waals surface area (Å²) in [5, 5.41) is 20.1. The summed E-state index contributed by atoms with van der Waals surface area (Å²) in [6.07, 6.45) is 4.53. The first-order valence-corrected chi connectivity index (χ1v) is 12.5. The van der Waals surface area contributed by atoms with Gasteiger partial charge in [0.2, 0.25) is 0 Å². The summed E-state index contributed by atoms with van der Waals surface area (Å²) in [5.74, 6) is 1.34. The minimum Gasteiger partial charge on any atom is -0.508 e. The number of alkyl halides is 1. The van der Waals surface area contributed by atoms with Crippen LogP contribution in [0.5, 0.6) is 17.2 Å². The zero-order chi connectivity index (χ0) is 24.2. The molecule has 5 heteroatoms. The van der Waals surface area contributed by atoms with E-state index >= 15 is 0 Å². The third-order valence-corrected chi connectivity index (χ3v) is 7.04. The molecule has 1 unspecified atom stereocenters. The van der Waals surface area contributed by atoms with Crippen molar-refractivity contribution in [3.05, 3.63) is 89.0 Å². The van der Waals surface area contributed by atoms with Crippen LogP contribution in [0.2, 0.25) is 0 Å². The third-order valence-electron chi connectivity index (χ3n) is 7.04. The van der Waals surface area contributed by atoms with Crippen molar-refractivity contribution in [2.45, 2.75) is 38.2 Å². The monoisotopic (exact) mass is 473 g/mol. The van der Waals surface area contributed by atoms with E-state index in [1.54, 1.807) is 18.2 Å². The number of ether oxygens (including phenoxy) is 1. The Labute approximate surface area is 206 Å². The summed E-state index contributed by atoms with van der Waals surface area (Å²) >= 11 is 0. The highest BCUT2D eigenvalue weighted by atomic mass is 19.1. The Morgan fingerprint density at radius 1 is 0.886 bits per heavy atom. The molecule has 3 aromatic rings. The van der Waals surface area contributed by atoms with Crippen molar-refractivity contribution in [2.24, 2.45) is 0 Å². The molecule has 1 heterocycles. The molecule has 1 saturated heterocycles. The lowest BCUT2D eigenvalue weighted by Crippen LogP contribution is -2.26. The van der Waals surface area contributed by atoms with Crippen molar-refractivity contribution in [3.8, 4) is 17.2 Å². The first-order valence-electron chi connectivity index (χ1n) is 12.5. The van der Waals surface area contributed by atoms with Crippen molar-refractivity contribution >= 4 is 11.1 Å². The standard InChI is InChI=1S/C30H32FNO3/c31-16-2-17-32-18-15-27(20-32)35-26-13-8-23(9-14-26)30-28(22-5-10-24(33)11-6-22)4-1-3-21-7-12-25(34)19-29(21)30/h5-14,19,27,33-34H,1-4,15-18,20H2. The molecule has 0 bridgehead atoms. The van der Waals surface area contributed by atoms with E-state index < -0.39 is 0 Å². The van der Waals surface area contributed by atoms with Gasteiger partial charge in [0.05, 0.1) is 6.67 Å². The molecule has 1 aliphatic carbocycles. The normalized spacial score (nSPS) is 18.4. The van der Waals surface area contributed by atoms with Crippen LogP contribution in [0.15, 0.2) is 66.7 Å². The van der Waals surface area contributed by atoms with Crippen molar-refractivity contribution in [1.29, 1.82) is 0 Å². The quantitative estimate of drug-likeness (QED) is 0.429. The highest BCUT2D eigenvalue weighted by Crippen LogP contribution is 2.41. The molecule has 35 heavy (non-hydrogen) atoms. The van der Waals surface area contributed by atoms with Crippen molar-refractivity contribution in [2.75, 3.05) is 26.3 Å². The Morgan fingerprint density at radius 2 is 1.63 bits per heavy atom. The highest BCUT2D eigenvalue weighted by Gasteiger charge is 2.24. The molecule has 1 fully saturated rings. The van der Waals surface area contributed by atoms with E-state index in [2.05, 4.69) is 17.0 Å². The summed E-state index contributed by atoms with van der Waals surface area (Å²) in [7, 11) is 0. The lowest BCUT2D eigenvalue weighted by molar-refractivity contribution is 0.198.